The molecular weight excluding hydrogens is 304 g/mol. The van der Waals surface area contributed by atoms with Crippen LogP contribution in [-0.2, 0) is 0 Å². The molecule has 0 fully saturated rings. The number of carbonyl (C=O) groups excluding carboxylic acids is 1. The van der Waals surface area contributed by atoms with Gasteiger partial charge in [0.05, 0.1) is 4.92 Å². The Hall–Kier alpha value is -2.32. The minimum Gasteiger partial charge on any atom is -0.349 e. The quantitative estimate of drug-likeness (QED) is 0.462. The molecule has 0 bridgehead atoms. The fraction of sp³-hybridized carbons (Fsp3) is 0.286. The van der Waals surface area contributed by atoms with Gasteiger partial charge in [-0.25, -0.2) is 4.98 Å². The largest absolute Gasteiger partial charge is 0.349 e. The normalized spacial score (nSPS) is 10.4. The maximum absolute atomic E-state index is 11.9. The third-order valence-electron chi connectivity index (χ3n) is 2.90. The summed E-state index contributed by atoms with van der Waals surface area (Å²) in [6.07, 6.45) is 0. The van der Waals surface area contributed by atoms with E-state index < -0.39 is 4.92 Å². The number of likely N-dealkylation sites (N-methyl/N-ethyl adjacent to an activating group) is 1. The minimum absolute atomic E-state index is 0.0293. The molecule has 0 aliphatic carbocycles. The number of amides is 1. The fourth-order valence-corrected chi connectivity index (χ4v) is 2.57. The molecule has 7 nitrogen and oxygen atoms in total. The molecule has 0 aliphatic heterocycles. The molecule has 0 saturated heterocycles. The number of non-ortho nitro benzene ring substituents is 1. The first-order valence-electron chi connectivity index (χ1n) is 6.81. The molecule has 0 aliphatic rings. The molecule has 116 valence electrons. The van der Waals surface area contributed by atoms with Gasteiger partial charge in [-0.1, -0.05) is 6.92 Å². The lowest BCUT2D eigenvalue weighted by Gasteiger charge is -2.03. The van der Waals surface area contributed by atoms with Gasteiger partial charge in [-0.15, -0.1) is 11.3 Å². The SMILES string of the molecule is CCNCCNC(=O)c1csc(-c2ccc([N+](=O)[O-])cc2)n1. The zero-order chi connectivity index (χ0) is 15.9. The summed E-state index contributed by atoms with van der Waals surface area (Å²) < 4.78 is 0. The number of benzene rings is 1. The van der Waals surface area contributed by atoms with E-state index in [9.17, 15) is 14.9 Å². The summed E-state index contributed by atoms with van der Waals surface area (Å²) in [6, 6.07) is 6.10. The smallest absolute Gasteiger partial charge is 0.270 e. The topological polar surface area (TPSA) is 97.2 Å². The van der Waals surface area contributed by atoms with E-state index in [4.69, 9.17) is 0 Å². The molecule has 0 atom stereocenters. The number of nitro groups is 1. The van der Waals surface area contributed by atoms with Gasteiger partial charge in [0, 0.05) is 36.2 Å². The van der Waals surface area contributed by atoms with Crippen LogP contribution in [0.3, 0.4) is 0 Å². The van der Waals surface area contributed by atoms with Crippen LogP contribution < -0.4 is 10.6 Å². The van der Waals surface area contributed by atoms with Crippen molar-refractivity contribution in [3.63, 3.8) is 0 Å². The molecule has 1 heterocycles. The van der Waals surface area contributed by atoms with E-state index >= 15 is 0 Å². The Morgan fingerprint density at radius 2 is 2.05 bits per heavy atom. The first kappa shape index (κ1) is 16.1. The molecule has 0 spiro atoms. The number of rotatable bonds is 7. The number of aromatic nitrogens is 1. The number of nitrogens with zero attached hydrogens (tertiary/aromatic N) is 2. The van der Waals surface area contributed by atoms with Crippen molar-refractivity contribution in [1.82, 2.24) is 15.6 Å². The summed E-state index contributed by atoms with van der Waals surface area (Å²) >= 11 is 1.33. The Morgan fingerprint density at radius 1 is 1.32 bits per heavy atom. The van der Waals surface area contributed by atoms with Crippen molar-refractivity contribution in [3.05, 3.63) is 45.5 Å². The highest BCUT2D eigenvalue weighted by Gasteiger charge is 2.12. The van der Waals surface area contributed by atoms with Gasteiger partial charge in [0.15, 0.2) is 0 Å². The monoisotopic (exact) mass is 320 g/mol. The second kappa shape index (κ2) is 7.62. The van der Waals surface area contributed by atoms with Crippen molar-refractivity contribution in [1.29, 1.82) is 0 Å². The molecule has 1 aromatic heterocycles. The van der Waals surface area contributed by atoms with Crippen LogP contribution in [-0.4, -0.2) is 35.4 Å². The molecule has 2 N–H and O–H groups in total. The third-order valence-corrected chi connectivity index (χ3v) is 3.79. The van der Waals surface area contributed by atoms with E-state index in [1.165, 1.54) is 23.5 Å². The Labute approximate surface area is 131 Å². The molecule has 2 rings (SSSR count). The van der Waals surface area contributed by atoms with E-state index in [1.54, 1.807) is 17.5 Å². The van der Waals surface area contributed by atoms with Crippen LogP contribution in [0.4, 0.5) is 5.69 Å². The summed E-state index contributed by atoms with van der Waals surface area (Å²) in [5, 5.41) is 18.9. The zero-order valence-electron chi connectivity index (χ0n) is 12.0. The van der Waals surface area contributed by atoms with Gasteiger partial charge in [-0.3, -0.25) is 14.9 Å². The van der Waals surface area contributed by atoms with E-state index in [2.05, 4.69) is 15.6 Å². The number of hydrogen-bond acceptors (Lipinski definition) is 6. The van der Waals surface area contributed by atoms with Crippen molar-refractivity contribution >= 4 is 22.9 Å². The van der Waals surface area contributed by atoms with Crippen molar-refractivity contribution < 1.29 is 9.72 Å². The van der Waals surface area contributed by atoms with Gasteiger partial charge in [-0.05, 0) is 18.7 Å². The highest BCUT2D eigenvalue weighted by molar-refractivity contribution is 7.13. The molecule has 1 aromatic carbocycles. The molecular formula is C14H16N4O3S. The van der Waals surface area contributed by atoms with Crippen molar-refractivity contribution in [3.8, 4) is 10.6 Å². The second-order valence-electron chi connectivity index (χ2n) is 4.45. The summed E-state index contributed by atoms with van der Waals surface area (Å²) in [5.74, 6) is -0.220. The van der Waals surface area contributed by atoms with Crippen LogP contribution >= 0.6 is 11.3 Å². The summed E-state index contributed by atoms with van der Waals surface area (Å²) in [7, 11) is 0. The highest BCUT2D eigenvalue weighted by atomic mass is 32.1. The first-order valence-corrected chi connectivity index (χ1v) is 7.69. The van der Waals surface area contributed by atoms with Gasteiger partial charge >= 0.3 is 0 Å². The van der Waals surface area contributed by atoms with Crippen molar-refractivity contribution in [2.24, 2.45) is 0 Å². The van der Waals surface area contributed by atoms with Gasteiger partial charge < -0.3 is 10.6 Å². The fourth-order valence-electron chi connectivity index (χ4n) is 1.77. The number of nitro benzene ring substituents is 1. The van der Waals surface area contributed by atoms with Crippen LogP contribution in [0.25, 0.3) is 10.6 Å². The molecule has 8 heteroatoms. The average Bonchev–Trinajstić information content (AvgIpc) is 3.01. The van der Waals surface area contributed by atoms with Gasteiger partial charge in [0.2, 0.25) is 0 Å². The van der Waals surface area contributed by atoms with Gasteiger partial charge in [-0.2, -0.15) is 0 Å². The molecule has 0 radical (unpaired) electrons. The number of carbonyl (C=O) groups is 1. The first-order chi connectivity index (χ1) is 10.6. The van der Waals surface area contributed by atoms with E-state index in [-0.39, 0.29) is 11.6 Å². The lowest BCUT2D eigenvalue weighted by molar-refractivity contribution is -0.384. The number of thiazole rings is 1. The Kier molecular flexibility index (Phi) is 5.56. The Morgan fingerprint density at radius 3 is 2.68 bits per heavy atom. The predicted molar refractivity (Wildman–Crippen MR) is 85.1 cm³/mol. The van der Waals surface area contributed by atoms with Crippen molar-refractivity contribution in [2.75, 3.05) is 19.6 Å². The van der Waals surface area contributed by atoms with Crippen LogP contribution in [0.15, 0.2) is 29.6 Å². The standard InChI is InChI=1S/C14H16N4O3S/c1-2-15-7-8-16-13(19)12-9-22-14(17-12)10-3-5-11(6-4-10)18(20)21/h3-6,9,15H,2,7-8H2,1H3,(H,16,19). The third kappa shape index (κ3) is 4.09. The predicted octanol–water partition coefficient (Wildman–Crippen LogP) is 2.06. The molecule has 1 amide bonds. The Bertz CT molecular complexity index is 654. The molecule has 22 heavy (non-hydrogen) atoms. The zero-order valence-corrected chi connectivity index (χ0v) is 12.9. The number of nitrogens with one attached hydrogen (secondary N) is 2. The maximum Gasteiger partial charge on any atom is 0.270 e. The van der Waals surface area contributed by atoms with Gasteiger partial charge in [0.25, 0.3) is 11.6 Å². The highest BCUT2D eigenvalue weighted by Crippen LogP contribution is 2.25. The lowest BCUT2D eigenvalue weighted by atomic mass is 10.2. The van der Waals surface area contributed by atoms with Crippen LogP contribution in [0, 0.1) is 10.1 Å². The molecule has 0 unspecified atom stereocenters. The summed E-state index contributed by atoms with van der Waals surface area (Å²) in [5.41, 5.74) is 1.14. The second-order valence-corrected chi connectivity index (χ2v) is 5.31. The van der Waals surface area contributed by atoms with Crippen LogP contribution in [0.1, 0.15) is 17.4 Å². The average molecular weight is 320 g/mol. The van der Waals surface area contributed by atoms with E-state index in [0.29, 0.717) is 23.8 Å². The molecule has 0 saturated carbocycles. The van der Waals surface area contributed by atoms with Crippen LogP contribution in [0.2, 0.25) is 0 Å². The summed E-state index contributed by atoms with van der Waals surface area (Å²) in [6.45, 7) is 4.11. The van der Waals surface area contributed by atoms with E-state index in [0.717, 1.165) is 12.1 Å². The molecule has 2 aromatic rings. The van der Waals surface area contributed by atoms with Crippen LogP contribution in [0.5, 0.6) is 0 Å². The van der Waals surface area contributed by atoms with Gasteiger partial charge in [0.1, 0.15) is 10.7 Å². The van der Waals surface area contributed by atoms with Crippen molar-refractivity contribution in [2.45, 2.75) is 6.92 Å². The van der Waals surface area contributed by atoms with E-state index in [1.807, 2.05) is 6.92 Å². The summed E-state index contributed by atoms with van der Waals surface area (Å²) in [4.78, 5) is 26.4. The maximum atomic E-state index is 11.9. The lowest BCUT2D eigenvalue weighted by Crippen LogP contribution is -2.31. The Balaban J connectivity index is 2.01. The minimum atomic E-state index is -0.450. The number of hydrogen-bond donors (Lipinski definition) is 2.